The Morgan fingerprint density at radius 3 is 2.37 bits per heavy atom. The van der Waals surface area contributed by atoms with Crippen LogP contribution < -0.4 is 5.32 Å². The first-order valence-electron chi connectivity index (χ1n) is 8.15. The number of rotatable bonds is 6. The summed E-state index contributed by atoms with van der Waals surface area (Å²) in [5.41, 5.74) is 3.51. The lowest BCUT2D eigenvalue weighted by molar-refractivity contribution is 0.403. The van der Waals surface area contributed by atoms with Crippen LogP contribution in [0.1, 0.15) is 63.0 Å². The van der Waals surface area contributed by atoms with Crippen LogP contribution in [0.4, 0.5) is 0 Å². The maximum absolute atomic E-state index is 3.78. The van der Waals surface area contributed by atoms with Gasteiger partial charge in [-0.25, -0.2) is 0 Å². The van der Waals surface area contributed by atoms with E-state index in [2.05, 4.69) is 36.5 Å². The van der Waals surface area contributed by atoms with E-state index in [0.717, 1.165) is 6.04 Å². The number of nitrogens with one attached hydrogen (secondary N) is 1. The Bertz CT molecular complexity index is 396. The molecule has 0 spiro atoms. The zero-order valence-electron chi connectivity index (χ0n) is 12.3. The topological polar surface area (TPSA) is 12.0 Å². The van der Waals surface area contributed by atoms with E-state index in [1.165, 1.54) is 63.5 Å². The van der Waals surface area contributed by atoms with Gasteiger partial charge in [-0.1, -0.05) is 50.5 Å². The molecule has 1 aromatic rings. The molecular formula is C18H27N. The molecule has 0 amide bonds. The normalized spacial score (nSPS) is 21.7. The minimum absolute atomic E-state index is 0.438. The second kappa shape index (κ2) is 5.66. The highest BCUT2D eigenvalue weighted by molar-refractivity contribution is 5.31. The van der Waals surface area contributed by atoms with E-state index < -0.39 is 0 Å². The lowest BCUT2D eigenvalue weighted by Crippen LogP contribution is -2.36. The number of benzene rings is 1. The fraction of sp³-hybridized carbons (Fsp3) is 0.667. The maximum atomic E-state index is 3.78. The van der Waals surface area contributed by atoms with Crippen molar-refractivity contribution in [1.82, 2.24) is 5.32 Å². The van der Waals surface area contributed by atoms with Crippen LogP contribution in [0.25, 0.3) is 0 Å². The predicted octanol–water partition coefficient (Wildman–Crippen LogP) is 4.20. The molecule has 104 valence electrons. The van der Waals surface area contributed by atoms with Crippen LogP contribution in [0.15, 0.2) is 24.3 Å². The molecule has 0 radical (unpaired) electrons. The van der Waals surface area contributed by atoms with Crippen LogP contribution >= 0.6 is 0 Å². The molecule has 1 N–H and O–H groups in total. The van der Waals surface area contributed by atoms with Crippen molar-refractivity contribution in [2.24, 2.45) is 0 Å². The van der Waals surface area contributed by atoms with E-state index in [1.54, 1.807) is 5.56 Å². The van der Waals surface area contributed by atoms with Crippen molar-refractivity contribution in [3.8, 4) is 0 Å². The summed E-state index contributed by atoms with van der Waals surface area (Å²) < 4.78 is 0. The molecule has 1 nitrogen and oxygen atoms in total. The highest BCUT2D eigenvalue weighted by Crippen LogP contribution is 2.41. The lowest BCUT2D eigenvalue weighted by atomic mass is 9.78. The minimum Gasteiger partial charge on any atom is -0.313 e. The van der Waals surface area contributed by atoms with Gasteiger partial charge < -0.3 is 5.32 Å². The molecule has 1 aromatic carbocycles. The van der Waals surface area contributed by atoms with Gasteiger partial charge in [0.25, 0.3) is 0 Å². The lowest BCUT2D eigenvalue weighted by Gasteiger charge is -2.30. The Morgan fingerprint density at radius 2 is 1.79 bits per heavy atom. The van der Waals surface area contributed by atoms with Crippen molar-refractivity contribution < 1.29 is 0 Å². The zero-order chi connectivity index (χ0) is 13.1. The fourth-order valence-electron chi connectivity index (χ4n) is 3.56. The van der Waals surface area contributed by atoms with Gasteiger partial charge in [-0.15, -0.1) is 0 Å². The molecule has 2 fully saturated rings. The van der Waals surface area contributed by atoms with Gasteiger partial charge in [-0.3, -0.25) is 0 Å². The van der Waals surface area contributed by atoms with Crippen LogP contribution in [-0.4, -0.2) is 12.6 Å². The average Bonchev–Trinajstić information content (AvgIpc) is 3.15. The Morgan fingerprint density at radius 1 is 1.11 bits per heavy atom. The van der Waals surface area contributed by atoms with Gasteiger partial charge in [0.05, 0.1) is 0 Å². The third kappa shape index (κ3) is 3.02. The monoisotopic (exact) mass is 257 g/mol. The first kappa shape index (κ1) is 13.2. The smallest absolute Gasteiger partial charge is 0.00778 e. The zero-order valence-corrected chi connectivity index (χ0v) is 12.3. The number of aryl methyl sites for hydroxylation is 1. The Hall–Kier alpha value is -0.820. The highest BCUT2D eigenvalue weighted by atomic mass is 15.0. The second-order valence-electron chi connectivity index (χ2n) is 6.59. The molecule has 0 saturated heterocycles. The van der Waals surface area contributed by atoms with E-state index in [1.807, 2.05) is 0 Å². The molecule has 3 rings (SSSR count). The molecule has 0 atom stereocenters. The summed E-state index contributed by atoms with van der Waals surface area (Å²) in [6, 6.07) is 10.4. The Labute approximate surface area is 117 Å². The molecule has 2 aliphatic rings. The average molecular weight is 257 g/mol. The summed E-state index contributed by atoms with van der Waals surface area (Å²) in [4.78, 5) is 0. The second-order valence-corrected chi connectivity index (χ2v) is 6.59. The molecule has 2 aliphatic carbocycles. The molecule has 0 aliphatic heterocycles. The van der Waals surface area contributed by atoms with Crippen molar-refractivity contribution in [2.75, 3.05) is 6.54 Å². The first-order valence-corrected chi connectivity index (χ1v) is 8.15. The van der Waals surface area contributed by atoms with Crippen LogP contribution in [0.2, 0.25) is 0 Å². The van der Waals surface area contributed by atoms with E-state index in [-0.39, 0.29) is 0 Å². The van der Waals surface area contributed by atoms with E-state index >= 15 is 0 Å². The van der Waals surface area contributed by atoms with Crippen LogP contribution in [0, 0.1) is 0 Å². The standard InChI is InChI=1S/C18H27N/c1-2-5-15-6-8-16(9-7-15)18(12-3-4-13-18)14-19-17-10-11-17/h6-9,17,19H,2-5,10-14H2,1H3. The SMILES string of the molecule is CCCc1ccc(C2(CNC3CC3)CCCC2)cc1. The fourth-order valence-corrected chi connectivity index (χ4v) is 3.56. The van der Waals surface area contributed by atoms with Crippen molar-refractivity contribution >= 4 is 0 Å². The van der Waals surface area contributed by atoms with Gasteiger partial charge in [0.1, 0.15) is 0 Å². The van der Waals surface area contributed by atoms with E-state index in [4.69, 9.17) is 0 Å². The van der Waals surface area contributed by atoms with Gasteiger partial charge >= 0.3 is 0 Å². The molecule has 0 bridgehead atoms. The van der Waals surface area contributed by atoms with Gasteiger partial charge in [0.15, 0.2) is 0 Å². The Balaban J connectivity index is 1.74. The summed E-state index contributed by atoms with van der Waals surface area (Å²) in [5, 5.41) is 3.78. The number of hydrogen-bond donors (Lipinski definition) is 1. The van der Waals surface area contributed by atoms with Crippen LogP contribution in [-0.2, 0) is 11.8 Å². The van der Waals surface area contributed by atoms with Gasteiger partial charge in [0.2, 0.25) is 0 Å². The quantitative estimate of drug-likeness (QED) is 0.805. The molecule has 0 heterocycles. The summed E-state index contributed by atoms with van der Waals surface area (Å²) in [5.74, 6) is 0. The number of hydrogen-bond acceptors (Lipinski definition) is 1. The van der Waals surface area contributed by atoms with Crippen molar-refractivity contribution in [3.63, 3.8) is 0 Å². The summed E-state index contributed by atoms with van der Waals surface area (Å²) in [6.07, 6.45) is 10.8. The molecule has 0 aromatic heterocycles. The highest BCUT2D eigenvalue weighted by Gasteiger charge is 2.36. The predicted molar refractivity (Wildman–Crippen MR) is 81.6 cm³/mol. The molecular weight excluding hydrogens is 230 g/mol. The molecule has 1 heteroatoms. The van der Waals surface area contributed by atoms with Crippen LogP contribution in [0.3, 0.4) is 0 Å². The summed E-state index contributed by atoms with van der Waals surface area (Å²) >= 11 is 0. The van der Waals surface area contributed by atoms with Gasteiger partial charge in [-0.2, -0.15) is 0 Å². The van der Waals surface area contributed by atoms with Crippen LogP contribution in [0.5, 0.6) is 0 Å². The first-order chi connectivity index (χ1) is 9.32. The molecule has 19 heavy (non-hydrogen) atoms. The largest absolute Gasteiger partial charge is 0.313 e. The third-order valence-electron chi connectivity index (χ3n) is 4.97. The van der Waals surface area contributed by atoms with E-state index in [0.29, 0.717) is 5.41 Å². The van der Waals surface area contributed by atoms with E-state index in [9.17, 15) is 0 Å². The maximum Gasteiger partial charge on any atom is 0.00778 e. The van der Waals surface area contributed by atoms with Crippen molar-refractivity contribution in [1.29, 1.82) is 0 Å². The third-order valence-corrected chi connectivity index (χ3v) is 4.97. The molecule has 2 saturated carbocycles. The molecule has 0 unspecified atom stereocenters. The van der Waals surface area contributed by atoms with Gasteiger partial charge in [-0.05, 0) is 43.2 Å². The summed E-state index contributed by atoms with van der Waals surface area (Å²) in [6.45, 7) is 3.46. The summed E-state index contributed by atoms with van der Waals surface area (Å²) in [7, 11) is 0. The Kier molecular flexibility index (Phi) is 3.93. The van der Waals surface area contributed by atoms with Crippen molar-refractivity contribution in [3.05, 3.63) is 35.4 Å². The van der Waals surface area contributed by atoms with Crippen molar-refractivity contribution in [2.45, 2.75) is 69.7 Å². The van der Waals surface area contributed by atoms with Gasteiger partial charge in [0, 0.05) is 18.0 Å². The minimum atomic E-state index is 0.438.